The first kappa shape index (κ1) is 36.0. The van der Waals surface area contributed by atoms with Crippen molar-refractivity contribution in [1.29, 1.82) is 0 Å². The predicted molar refractivity (Wildman–Crippen MR) is 209 cm³/mol. The Kier molecular flexibility index (Phi) is 11.8. The molecule has 50 heavy (non-hydrogen) atoms. The minimum Gasteiger partial charge on any atom is -0.341 e. The SMILES string of the molecule is Cc1ccc(S(=O)(=O)NCCCN2c3ccccc3CCc3ccc(Cl)cc32)cc1.NCCCN1c2ccccc2CCc2ccc(Cl)cc21. The highest BCUT2D eigenvalue weighted by atomic mass is 35.5. The molecule has 7 rings (SSSR count). The normalized spacial score (nSPS) is 13.5. The molecule has 2 aliphatic rings. The van der Waals surface area contributed by atoms with Crippen molar-refractivity contribution in [1.82, 2.24) is 4.72 Å². The Morgan fingerprint density at radius 1 is 0.620 bits per heavy atom. The Labute approximate surface area is 306 Å². The molecule has 260 valence electrons. The zero-order chi connectivity index (χ0) is 35.1. The molecule has 2 aliphatic heterocycles. The minimum atomic E-state index is -3.50. The van der Waals surface area contributed by atoms with Crippen LogP contribution in [0.15, 0.2) is 114 Å². The second-order valence-corrected chi connectivity index (χ2v) is 15.5. The minimum absolute atomic E-state index is 0.297. The number of nitrogens with two attached hydrogens (primary N) is 1. The van der Waals surface area contributed by atoms with Gasteiger partial charge in [0.15, 0.2) is 0 Å². The van der Waals surface area contributed by atoms with Gasteiger partial charge in [-0.25, -0.2) is 13.1 Å². The van der Waals surface area contributed by atoms with Crippen LogP contribution >= 0.6 is 23.2 Å². The standard InChI is InChI=1S/C24H25ClN2O2S.C17H19ClN2/c1-18-7-13-22(14-8-18)30(28,29)26-15-4-16-27-23-6-3-2-5-19(23)9-10-20-11-12-21(25)17-24(20)27;18-15-9-8-14-7-6-13-4-1-2-5-16(13)20(11-3-10-19)17(14)12-15/h2-3,5-8,11-14,17,26H,4,9-10,15-16H2,1H3;1-2,4-5,8-9,12H,3,6-7,10-11,19H2. The van der Waals surface area contributed by atoms with E-state index in [1.165, 1.54) is 39.3 Å². The summed E-state index contributed by atoms with van der Waals surface area (Å²) >= 11 is 12.5. The lowest BCUT2D eigenvalue weighted by atomic mass is 10.0. The van der Waals surface area contributed by atoms with E-state index in [0.717, 1.165) is 54.9 Å². The second kappa shape index (κ2) is 16.4. The van der Waals surface area contributed by atoms with Crippen LogP contribution in [0.4, 0.5) is 22.7 Å². The van der Waals surface area contributed by atoms with Crippen LogP contribution in [0.1, 0.15) is 40.7 Å². The van der Waals surface area contributed by atoms with E-state index in [1.54, 1.807) is 12.1 Å². The largest absolute Gasteiger partial charge is 0.341 e. The average Bonchev–Trinajstić information content (AvgIpc) is 3.37. The molecule has 6 nitrogen and oxygen atoms in total. The van der Waals surface area contributed by atoms with Crippen molar-refractivity contribution in [3.63, 3.8) is 0 Å². The molecule has 0 saturated carbocycles. The average molecular weight is 728 g/mol. The van der Waals surface area contributed by atoms with E-state index in [9.17, 15) is 8.42 Å². The van der Waals surface area contributed by atoms with E-state index in [1.807, 2.05) is 43.3 Å². The predicted octanol–water partition coefficient (Wildman–Crippen LogP) is 9.18. The summed E-state index contributed by atoms with van der Waals surface area (Å²) in [6.07, 6.45) is 5.71. The summed E-state index contributed by atoms with van der Waals surface area (Å²) in [5.41, 5.74) is 16.9. The molecule has 0 amide bonds. The quantitative estimate of drug-likeness (QED) is 0.148. The van der Waals surface area contributed by atoms with Gasteiger partial charge in [-0.05, 0) is 123 Å². The van der Waals surface area contributed by atoms with E-state index in [2.05, 4.69) is 75.2 Å². The number of para-hydroxylation sites is 2. The number of hydrogen-bond acceptors (Lipinski definition) is 5. The van der Waals surface area contributed by atoms with Crippen molar-refractivity contribution < 1.29 is 8.42 Å². The number of aryl methyl sites for hydroxylation is 5. The van der Waals surface area contributed by atoms with Crippen molar-refractivity contribution in [3.8, 4) is 0 Å². The number of halogens is 2. The van der Waals surface area contributed by atoms with Crippen molar-refractivity contribution in [3.05, 3.63) is 147 Å². The van der Waals surface area contributed by atoms with Crippen LogP contribution in [-0.4, -0.2) is 34.6 Å². The van der Waals surface area contributed by atoms with E-state index < -0.39 is 10.0 Å². The summed E-state index contributed by atoms with van der Waals surface area (Å²) in [7, 11) is -3.50. The van der Waals surface area contributed by atoms with Gasteiger partial charge in [-0.15, -0.1) is 0 Å². The molecule has 0 saturated heterocycles. The van der Waals surface area contributed by atoms with E-state index in [0.29, 0.717) is 36.0 Å². The van der Waals surface area contributed by atoms with E-state index in [-0.39, 0.29) is 0 Å². The number of benzene rings is 5. The molecule has 5 aromatic rings. The van der Waals surface area contributed by atoms with E-state index >= 15 is 0 Å². The molecule has 9 heteroatoms. The summed E-state index contributed by atoms with van der Waals surface area (Å²) < 4.78 is 27.8. The lowest BCUT2D eigenvalue weighted by Crippen LogP contribution is -2.28. The van der Waals surface area contributed by atoms with Gasteiger partial charge in [0.25, 0.3) is 0 Å². The molecule has 0 radical (unpaired) electrons. The lowest BCUT2D eigenvalue weighted by molar-refractivity contribution is 0.579. The molecular formula is C41H44Cl2N4O2S. The summed E-state index contributed by atoms with van der Waals surface area (Å²) in [5.74, 6) is 0. The van der Waals surface area contributed by atoms with Gasteiger partial charge in [-0.2, -0.15) is 0 Å². The summed E-state index contributed by atoms with van der Waals surface area (Å²) in [5, 5.41) is 1.50. The molecule has 3 N–H and O–H groups in total. The number of hydrogen-bond donors (Lipinski definition) is 2. The maximum Gasteiger partial charge on any atom is 0.240 e. The maximum atomic E-state index is 12.5. The highest BCUT2D eigenvalue weighted by Crippen LogP contribution is 2.39. The van der Waals surface area contributed by atoms with Gasteiger partial charge in [0.2, 0.25) is 10.0 Å². The number of sulfonamides is 1. The van der Waals surface area contributed by atoms with Gasteiger partial charge in [0.1, 0.15) is 0 Å². The fraction of sp³-hybridized carbons (Fsp3) is 0.268. The van der Waals surface area contributed by atoms with Gasteiger partial charge in [0, 0.05) is 52.4 Å². The fourth-order valence-corrected chi connectivity index (χ4v) is 8.15. The van der Waals surface area contributed by atoms with Gasteiger partial charge in [-0.3, -0.25) is 0 Å². The number of fused-ring (bicyclic) bond motifs is 4. The van der Waals surface area contributed by atoms with Gasteiger partial charge in [0.05, 0.1) is 4.90 Å². The van der Waals surface area contributed by atoms with Crippen LogP contribution in [0.25, 0.3) is 0 Å². The summed E-state index contributed by atoms with van der Waals surface area (Å²) in [6.45, 7) is 4.63. The molecule has 0 bridgehead atoms. The highest BCUT2D eigenvalue weighted by Gasteiger charge is 2.22. The van der Waals surface area contributed by atoms with Gasteiger partial charge in [-0.1, -0.05) is 89.4 Å². The van der Waals surface area contributed by atoms with Crippen molar-refractivity contribution in [2.45, 2.75) is 50.3 Å². The van der Waals surface area contributed by atoms with Crippen LogP contribution in [0, 0.1) is 6.92 Å². The maximum absolute atomic E-state index is 12.5. The van der Waals surface area contributed by atoms with Gasteiger partial charge < -0.3 is 15.5 Å². The molecule has 2 heterocycles. The Morgan fingerprint density at radius 3 is 1.58 bits per heavy atom. The highest BCUT2D eigenvalue weighted by molar-refractivity contribution is 7.89. The Bertz CT molecular complexity index is 2040. The molecule has 0 atom stereocenters. The molecule has 5 aromatic carbocycles. The van der Waals surface area contributed by atoms with Crippen molar-refractivity contribution in [2.75, 3.05) is 36.0 Å². The number of anilines is 4. The Balaban J connectivity index is 0.000000187. The van der Waals surface area contributed by atoms with Crippen molar-refractivity contribution in [2.24, 2.45) is 5.73 Å². The molecule has 0 fully saturated rings. The van der Waals surface area contributed by atoms with Crippen LogP contribution in [0.5, 0.6) is 0 Å². The zero-order valence-electron chi connectivity index (χ0n) is 28.4. The summed E-state index contributed by atoms with van der Waals surface area (Å²) in [6, 6.07) is 36.2. The first-order valence-corrected chi connectivity index (χ1v) is 19.5. The molecule has 0 unspecified atom stereocenters. The second-order valence-electron chi connectivity index (χ2n) is 12.8. The van der Waals surface area contributed by atoms with Crippen LogP contribution in [-0.2, 0) is 35.7 Å². The van der Waals surface area contributed by atoms with Crippen LogP contribution in [0.3, 0.4) is 0 Å². The third kappa shape index (κ3) is 8.53. The Hall–Kier alpha value is -3.85. The first-order valence-electron chi connectivity index (χ1n) is 17.3. The monoisotopic (exact) mass is 726 g/mol. The molecule has 0 spiro atoms. The Morgan fingerprint density at radius 2 is 1.08 bits per heavy atom. The summed E-state index contributed by atoms with van der Waals surface area (Å²) in [4.78, 5) is 4.94. The smallest absolute Gasteiger partial charge is 0.240 e. The topological polar surface area (TPSA) is 78.7 Å². The fourth-order valence-electron chi connectivity index (χ4n) is 6.74. The lowest BCUT2D eigenvalue weighted by Gasteiger charge is -2.27. The third-order valence-corrected chi connectivity index (χ3v) is 11.3. The number of nitrogens with zero attached hydrogens (tertiary/aromatic N) is 2. The van der Waals surface area contributed by atoms with Crippen LogP contribution in [0.2, 0.25) is 10.0 Å². The number of nitrogens with one attached hydrogen (secondary N) is 1. The molecule has 0 aromatic heterocycles. The van der Waals surface area contributed by atoms with E-state index in [4.69, 9.17) is 28.9 Å². The number of rotatable bonds is 9. The molecular weight excluding hydrogens is 683 g/mol. The van der Waals surface area contributed by atoms with Gasteiger partial charge >= 0.3 is 0 Å². The first-order chi connectivity index (χ1) is 24.2. The van der Waals surface area contributed by atoms with Crippen molar-refractivity contribution >= 4 is 56.0 Å². The van der Waals surface area contributed by atoms with Crippen LogP contribution < -0.4 is 20.3 Å². The third-order valence-electron chi connectivity index (χ3n) is 9.34. The zero-order valence-corrected chi connectivity index (χ0v) is 30.7. The molecule has 0 aliphatic carbocycles.